The number of anilines is 1. The molecular formula is C19H18F3N3O2S2. The Hall–Kier alpha value is -2.07. The molecule has 154 valence electrons. The summed E-state index contributed by atoms with van der Waals surface area (Å²) in [5.41, 5.74) is -0.169. The number of thioether (sulfide) groups is 1. The van der Waals surface area contributed by atoms with Crippen LogP contribution in [0.15, 0.2) is 30.5 Å². The first kappa shape index (κ1) is 20.2. The smallest absolute Gasteiger partial charge is 0.315 e. The topological polar surface area (TPSA) is 62.3 Å². The Bertz CT molecular complexity index is 962. The van der Waals surface area contributed by atoms with E-state index in [0.29, 0.717) is 29.3 Å². The van der Waals surface area contributed by atoms with Crippen LogP contribution in [0.4, 0.5) is 18.3 Å². The van der Waals surface area contributed by atoms with Gasteiger partial charge >= 0.3 is 6.18 Å². The van der Waals surface area contributed by atoms with Gasteiger partial charge in [-0.15, -0.1) is 23.1 Å². The van der Waals surface area contributed by atoms with Crippen molar-refractivity contribution in [2.45, 2.75) is 43.3 Å². The molecule has 2 aliphatic rings. The summed E-state index contributed by atoms with van der Waals surface area (Å²) < 4.78 is 38.6. The van der Waals surface area contributed by atoms with E-state index >= 15 is 0 Å². The molecular weight excluding hydrogens is 423 g/mol. The quantitative estimate of drug-likeness (QED) is 0.775. The van der Waals surface area contributed by atoms with E-state index in [0.717, 1.165) is 23.4 Å². The van der Waals surface area contributed by atoms with Gasteiger partial charge in [-0.25, -0.2) is 4.98 Å². The van der Waals surface area contributed by atoms with Crippen LogP contribution in [0.1, 0.15) is 35.8 Å². The SMILES string of the molecule is C[C@]12CCC(=O)N1[C@@H](C(=O)Nc1ncc(Cc3cccc(C(F)(F)F)c3)s1)CS2. The molecule has 2 saturated heterocycles. The molecule has 0 bridgehead atoms. The van der Waals surface area contributed by atoms with Crippen molar-refractivity contribution in [1.29, 1.82) is 0 Å². The molecule has 0 unspecified atom stereocenters. The van der Waals surface area contributed by atoms with Crippen LogP contribution in [-0.2, 0) is 22.2 Å². The van der Waals surface area contributed by atoms with E-state index in [9.17, 15) is 22.8 Å². The van der Waals surface area contributed by atoms with Crippen LogP contribution in [0, 0.1) is 0 Å². The van der Waals surface area contributed by atoms with E-state index < -0.39 is 17.8 Å². The summed E-state index contributed by atoms with van der Waals surface area (Å²) in [5.74, 6) is 0.245. The third kappa shape index (κ3) is 4.00. The van der Waals surface area contributed by atoms with Crippen LogP contribution in [0.25, 0.3) is 0 Å². The van der Waals surface area contributed by atoms with E-state index in [2.05, 4.69) is 10.3 Å². The molecule has 29 heavy (non-hydrogen) atoms. The van der Waals surface area contributed by atoms with Crippen LogP contribution in [0.5, 0.6) is 0 Å². The number of carbonyl (C=O) groups excluding carboxylic acids is 2. The van der Waals surface area contributed by atoms with Crippen molar-refractivity contribution in [1.82, 2.24) is 9.88 Å². The molecule has 2 fully saturated rings. The zero-order chi connectivity index (χ0) is 20.8. The highest BCUT2D eigenvalue weighted by Crippen LogP contribution is 2.47. The van der Waals surface area contributed by atoms with Crippen molar-refractivity contribution in [2.75, 3.05) is 11.1 Å². The molecule has 5 nitrogen and oxygen atoms in total. The third-order valence-electron chi connectivity index (χ3n) is 5.16. The van der Waals surface area contributed by atoms with Crippen molar-refractivity contribution in [3.05, 3.63) is 46.5 Å². The lowest BCUT2D eigenvalue weighted by Gasteiger charge is -2.29. The predicted molar refractivity (Wildman–Crippen MR) is 106 cm³/mol. The predicted octanol–water partition coefficient (Wildman–Crippen LogP) is 4.15. The van der Waals surface area contributed by atoms with Gasteiger partial charge in [0.25, 0.3) is 0 Å². The van der Waals surface area contributed by atoms with Gasteiger partial charge in [0.1, 0.15) is 6.04 Å². The number of fused-ring (bicyclic) bond motifs is 1. The maximum absolute atomic E-state index is 12.9. The fourth-order valence-corrected chi connectivity index (χ4v) is 5.99. The second-order valence-electron chi connectivity index (χ2n) is 7.26. The van der Waals surface area contributed by atoms with Crippen LogP contribution in [0.3, 0.4) is 0 Å². The summed E-state index contributed by atoms with van der Waals surface area (Å²) in [7, 11) is 0. The lowest BCUT2D eigenvalue weighted by atomic mass is 10.1. The van der Waals surface area contributed by atoms with Crippen LogP contribution in [0.2, 0.25) is 0 Å². The molecule has 2 atom stereocenters. The van der Waals surface area contributed by atoms with Crippen molar-refractivity contribution in [3.8, 4) is 0 Å². The first-order valence-corrected chi connectivity index (χ1v) is 10.8. The second-order valence-corrected chi connectivity index (χ2v) is 9.88. The Kier molecular flexibility index (Phi) is 5.10. The molecule has 1 N–H and O–H groups in total. The van der Waals surface area contributed by atoms with Gasteiger partial charge in [0.2, 0.25) is 11.8 Å². The van der Waals surface area contributed by atoms with Gasteiger partial charge < -0.3 is 10.2 Å². The van der Waals surface area contributed by atoms with Crippen LogP contribution in [-0.4, -0.2) is 38.4 Å². The molecule has 1 aromatic carbocycles. The standard InChI is InChI=1S/C19H18F3N3O2S2/c1-18-6-5-15(26)25(18)14(10-28-18)16(27)24-17-23-9-13(29-17)8-11-3-2-4-12(7-11)19(20,21)22/h2-4,7,9,14H,5-6,8,10H2,1H3,(H,23,24,27)/t14-,18+/m1/s1. The largest absolute Gasteiger partial charge is 0.416 e. The highest BCUT2D eigenvalue weighted by molar-refractivity contribution is 8.01. The monoisotopic (exact) mass is 441 g/mol. The average Bonchev–Trinajstić information content (AvgIpc) is 3.31. The van der Waals surface area contributed by atoms with Gasteiger partial charge in [0.15, 0.2) is 5.13 Å². The summed E-state index contributed by atoms with van der Waals surface area (Å²) in [6.07, 6.45) is -1.36. The summed E-state index contributed by atoms with van der Waals surface area (Å²) in [6.45, 7) is 1.98. The summed E-state index contributed by atoms with van der Waals surface area (Å²) in [4.78, 5) is 31.1. The molecule has 0 spiro atoms. The molecule has 4 rings (SSSR count). The molecule has 2 aliphatic heterocycles. The molecule has 0 aliphatic carbocycles. The van der Waals surface area contributed by atoms with E-state index in [1.807, 2.05) is 6.92 Å². The van der Waals surface area contributed by atoms with Crippen molar-refractivity contribution in [3.63, 3.8) is 0 Å². The van der Waals surface area contributed by atoms with Gasteiger partial charge in [-0.05, 0) is 25.0 Å². The highest BCUT2D eigenvalue weighted by Gasteiger charge is 2.52. The number of thiazole rings is 1. The minimum atomic E-state index is -4.39. The number of hydrogen-bond donors (Lipinski definition) is 1. The van der Waals surface area contributed by atoms with E-state index in [4.69, 9.17) is 0 Å². The zero-order valence-corrected chi connectivity index (χ0v) is 17.1. The number of carbonyl (C=O) groups is 2. The van der Waals surface area contributed by atoms with E-state index in [1.165, 1.54) is 17.4 Å². The fraction of sp³-hybridized carbons (Fsp3) is 0.421. The fourth-order valence-electron chi connectivity index (χ4n) is 3.71. The molecule has 1 aromatic heterocycles. The van der Waals surface area contributed by atoms with Crippen molar-refractivity contribution < 1.29 is 22.8 Å². The molecule has 2 amide bonds. The number of nitrogens with one attached hydrogen (secondary N) is 1. The highest BCUT2D eigenvalue weighted by atomic mass is 32.2. The number of rotatable bonds is 4. The minimum absolute atomic E-state index is 0.0120. The Morgan fingerprint density at radius 1 is 1.41 bits per heavy atom. The number of benzene rings is 1. The molecule has 10 heteroatoms. The van der Waals surface area contributed by atoms with Gasteiger partial charge in [0.05, 0.1) is 10.4 Å². The van der Waals surface area contributed by atoms with Crippen LogP contribution < -0.4 is 5.32 Å². The normalized spacial score (nSPS) is 24.1. The van der Waals surface area contributed by atoms with Gasteiger partial charge in [0, 0.05) is 29.7 Å². The second kappa shape index (κ2) is 7.32. The van der Waals surface area contributed by atoms with Gasteiger partial charge in [-0.1, -0.05) is 18.2 Å². The van der Waals surface area contributed by atoms with Crippen molar-refractivity contribution >= 4 is 40.0 Å². The first-order valence-electron chi connectivity index (χ1n) is 9.03. The summed E-state index contributed by atoms with van der Waals surface area (Å²) >= 11 is 2.83. The number of amides is 2. The van der Waals surface area contributed by atoms with Crippen LogP contribution >= 0.6 is 23.1 Å². The van der Waals surface area contributed by atoms with Gasteiger partial charge in [-0.2, -0.15) is 13.2 Å². The molecule has 2 aromatic rings. The minimum Gasteiger partial charge on any atom is -0.315 e. The Morgan fingerprint density at radius 2 is 2.21 bits per heavy atom. The molecule has 0 radical (unpaired) electrons. The average molecular weight is 442 g/mol. The Balaban J connectivity index is 1.42. The van der Waals surface area contributed by atoms with E-state index in [-0.39, 0.29) is 16.7 Å². The van der Waals surface area contributed by atoms with Gasteiger partial charge in [-0.3, -0.25) is 9.59 Å². The number of alkyl halides is 3. The number of hydrogen-bond acceptors (Lipinski definition) is 5. The molecule has 3 heterocycles. The summed E-state index contributed by atoms with van der Waals surface area (Å²) in [5, 5.41) is 3.13. The Labute approximate surface area is 173 Å². The lowest BCUT2D eigenvalue weighted by molar-refractivity contribution is -0.137. The summed E-state index contributed by atoms with van der Waals surface area (Å²) in [6, 6.07) is 4.63. The molecule has 0 saturated carbocycles. The number of nitrogens with zero attached hydrogens (tertiary/aromatic N) is 2. The zero-order valence-electron chi connectivity index (χ0n) is 15.5. The third-order valence-corrected chi connectivity index (χ3v) is 7.58. The first-order chi connectivity index (χ1) is 13.7. The number of halogens is 3. The number of aromatic nitrogens is 1. The maximum atomic E-state index is 12.9. The van der Waals surface area contributed by atoms with E-state index in [1.54, 1.807) is 28.9 Å². The maximum Gasteiger partial charge on any atom is 0.416 e. The lowest BCUT2D eigenvalue weighted by Crippen LogP contribution is -2.48. The van der Waals surface area contributed by atoms with Crippen molar-refractivity contribution in [2.24, 2.45) is 0 Å². The Morgan fingerprint density at radius 3 is 2.97 bits per heavy atom.